The minimum atomic E-state index is -0.661. The van der Waals surface area contributed by atoms with Crippen LogP contribution in [0.3, 0.4) is 0 Å². The van der Waals surface area contributed by atoms with Crippen molar-refractivity contribution in [2.75, 3.05) is 11.9 Å². The Morgan fingerprint density at radius 2 is 1.86 bits per heavy atom. The summed E-state index contributed by atoms with van der Waals surface area (Å²) in [4.78, 5) is 44.4. The van der Waals surface area contributed by atoms with E-state index in [1.165, 1.54) is 4.90 Å². The van der Waals surface area contributed by atoms with E-state index in [4.69, 9.17) is 4.74 Å². The average Bonchev–Trinajstić information content (AvgIpc) is 2.79. The molecule has 1 heterocycles. The van der Waals surface area contributed by atoms with Crippen molar-refractivity contribution >= 4 is 29.9 Å². The van der Waals surface area contributed by atoms with E-state index in [0.29, 0.717) is 37.8 Å². The number of nitrogens with zero attached hydrogens (tertiary/aromatic N) is 3. The molecule has 35 heavy (non-hydrogen) atoms. The average molecular weight is 485 g/mol. The van der Waals surface area contributed by atoms with Gasteiger partial charge in [0.2, 0.25) is 6.41 Å². The summed E-state index contributed by atoms with van der Waals surface area (Å²) >= 11 is 0. The second kappa shape index (κ2) is 10.8. The number of nitrogens with one attached hydrogen (secondary N) is 1. The number of aromatic nitrogens is 1. The zero-order chi connectivity index (χ0) is 25.8. The number of aryl methyl sites for hydroxylation is 1. The van der Waals surface area contributed by atoms with E-state index in [1.54, 1.807) is 30.1 Å². The molecule has 1 aromatic carbocycles. The molecule has 0 saturated heterocycles. The highest BCUT2D eigenvalue weighted by Gasteiger charge is 2.31. The van der Waals surface area contributed by atoms with E-state index >= 15 is 0 Å². The van der Waals surface area contributed by atoms with Gasteiger partial charge in [-0.15, -0.1) is 0 Å². The maximum absolute atomic E-state index is 14.1. The lowest BCUT2D eigenvalue weighted by Crippen LogP contribution is -2.45. The van der Waals surface area contributed by atoms with Gasteiger partial charge in [0, 0.05) is 19.1 Å². The van der Waals surface area contributed by atoms with Crippen molar-refractivity contribution < 1.29 is 23.5 Å². The van der Waals surface area contributed by atoms with Crippen LogP contribution in [0, 0.1) is 12.7 Å². The number of benzene rings is 1. The Labute approximate surface area is 205 Å². The highest BCUT2D eigenvalue weighted by atomic mass is 19.1. The molecule has 1 aromatic heterocycles. The maximum Gasteiger partial charge on any atom is 0.407 e. The molecule has 2 aromatic rings. The molecule has 3 amide bonds. The molecular weight excluding hydrogens is 451 g/mol. The first kappa shape index (κ1) is 26.1. The number of pyridine rings is 1. The second-order valence-corrected chi connectivity index (χ2v) is 9.91. The third kappa shape index (κ3) is 6.77. The van der Waals surface area contributed by atoms with Gasteiger partial charge in [-0.2, -0.15) is 0 Å². The van der Waals surface area contributed by atoms with E-state index in [0.717, 1.165) is 17.8 Å². The zero-order valence-electron chi connectivity index (χ0n) is 20.9. The number of amides is 3. The van der Waals surface area contributed by atoms with E-state index in [2.05, 4.69) is 10.3 Å². The van der Waals surface area contributed by atoms with E-state index in [-0.39, 0.29) is 23.5 Å². The topological polar surface area (TPSA) is 91.8 Å². The standard InChI is InChI=1S/C26H33FN4O4/c1-17-7-6-8-21(13-17)31(16-32)23-22(14-18(27)15-28-23)24(33)30(5)20-11-9-19(10-12-20)29-25(34)35-26(2,3)4/h6-8,13-16,19-20H,9-12H2,1-5H3,(H,29,34). The van der Waals surface area contributed by atoms with Crippen molar-refractivity contribution in [1.29, 1.82) is 0 Å². The number of ether oxygens (including phenoxy) is 1. The van der Waals surface area contributed by atoms with Crippen LogP contribution in [-0.4, -0.2) is 53.0 Å². The van der Waals surface area contributed by atoms with Crippen LogP contribution in [0.4, 0.5) is 20.7 Å². The smallest absolute Gasteiger partial charge is 0.407 e. The van der Waals surface area contributed by atoms with Crippen molar-refractivity contribution in [3.63, 3.8) is 0 Å². The molecule has 0 unspecified atom stereocenters. The lowest BCUT2D eigenvalue weighted by molar-refractivity contribution is -0.106. The Hall–Kier alpha value is -3.49. The van der Waals surface area contributed by atoms with Crippen LogP contribution >= 0.6 is 0 Å². The quantitative estimate of drug-likeness (QED) is 0.599. The van der Waals surface area contributed by atoms with Gasteiger partial charge in [0.1, 0.15) is 11.4 Å². The zero-order valence-corrected chi connectivity index (χ0v) is 20.9. The number of carbonyl (C=O) groups excluding carboxylic acids is 3. The third-order valence-electron chi connectivity index (χ3n) is 5.96. The number of carbonyl (C=O) groups is 3. The molecular formula is C26H33FN4O4. The molecule has 1 saturated carbocycles. The molecule has 0 radical (unpaired) electrons. The SMILES string of the molecule is Cc1cccc(N(C=O)c2ncc(F)cc2C(=O)N(C)C2CCC(NC(=O)OC(C)(C)C)CC2)c1. The summed E-state index contributed by atoms with van der Waals surface area (Å²) in [6, 6.07) is 8.17. The first-order chi connectivity index (χ1) is 16.5. The molecule has 1 aliphatic carbocycles. The molecule has 1 N–H and O–H groups in total. The number of hydrogen-bond acceptors (Lipinski definition) is 5. The fraction of sp³-hybridized carbons (Fsp3) is 0.462. The summed E-state index contributed by atoms with van der Waals surface area (Å²) in [7, 11) is 1.67. The van der Waals surface area contributed by atoms with Gasteiger partial charge in [-0.05, 0) is 77.1 Å². The van der Waals surface area contributed by atoms with Crippen LogP contribution in [0.2, 0.25) is 0 Å². The van der Waals surface area contributed by atoms with Crippen LogP contribution in [0.15, 0.2) is 36.5 Å². The molecule has 0 bridgehead atoms. The monoisotopic (exact) mass is 484 g/mol. The maximum atomic E-state index is 14.1. The van der Waals surface area contributed by atoms with Crippen molar-refractivity contribution in [3.8, 4) is 0 Å². The fourth-order valence-corrected chi connectivity index (χ4v) is 4.23. The molecule has 0 aliphatic heterocycles. The van der Waals surface area contributed by atoms with E-state index in [9.17, 15) is 18.8 Å². The predicted octanol–water partition coefficient (Wildman–Crippen LogP) is 4.73. The summed E-state index contributed by atoms with van der Waals surface area (Å²) in [6.45, 7) is 7.32. The first-order valence-corrected chi connectivity index (χ1v) is 11.7. The second-order valence-electron chi connectivity index (χ2n) is 9.91. The Bertz CT molecular complexity index is 1080. The first-order valence-electron chi connectivity index (χ1n) is 11.7. The molecule has 0 atom stereocenters. The number of halogens is 1. The van der Waals surface area contributed by atoms with Crippen LogP contribution in [0.5, 0.6) is 0 Å². The summed E-state index contributed by atoms with van der Waals surface area (Å²) in [5.41, 5.74) is 0.899. The molecule has 3 rings (SSSR count). The number of alkyl carbamates (subject to hydrolysis) is 1. The van der Waals surface area contributed by atoms with Crippen LogP contribution in [0.1, 0.15) is 62.4 Å². The Morgan fingerprint density at radius 1 is 1.17 bits per heavy atom. The van der Waals surface area contributed by atoms with Gasteiger partial charge in [0.05, 0.1) is 17.4 Å². The summed E-state index contributed by atoms with van der Waals surface area (Å²) < 4.78 is 19.5. The fourth-order valence-electron chi connectivity index (χ4n) is 4.23. The van der Waals surface area contributed by atoms with Crippen molar-refractivity contribution in [3.05, 3.63) is 53.5 Å². The van der Waals surface area contributed by atoms with Crippen molar-refractivity contribution in [2.45, 2.75) is 71.1 Å². The van der Waals surface area contributed by atoms with Gasteiger partial charge < -0.3 is 15.0 Å². The molecule has 1 fully saturated rings. The van der Waals surface area contributed by atoms with Crippen LogP contribution < -0.4 is 10.2 Å². The third-order valence-corrected chi connectivity index (χ3v) is 5.96. The van der Waals surface area contributed by atoms with Gasteiger partial charge in [-0.3, -0.25) is 14.5 Å². The largest absolute Gasteiger partial charge is 0.444 e. The highest BCUT2D eigenvalue weighted by Crippen LogP contribution is 2.29. The molecule has 9 heteroatoms. The van der Waals surface area contributed by atoms with Crippen LogP contribution in [-0.2, 0) is 9.53 Å². The lowest BCUT2D eigenvalue weighted by Gasteiger charge is -2.35. The molecule has 1 aliphatic rings. The number of hydrogen-bond donors (Lipinski definition) is 1. The Kier molecular flexibility index (Phi) is 8.09. The summed E-state index contributed by atoms with van der Waals surface area (Å²) in [6.07, 6.45) is 3.79. The van der Waals surface area contributed by atoms with Crippen LogP contribution in [0.25, 0.3) is 0 Å². The number of rotatable bonds is 6. The van der Waals surface area contributed by atoms with Gasteiger partial charge in [-0.1, -0.05) is 12.1 Å². The minimum Gasteiger partial charge on any atom is -0.444 e. The Balaban J connectivity index is 1.73. The van der Waals surface area contributed by atoms with Crippen molar-refractivity contribution in [1.82, 2.24) is 15.2 Å². The molecule has 8 nitrogen and oxygen atoms in total. The van der Waals surface area contributed by atoms with Gasteiger partial charge >= 0.3 is 6.09 Å². The highest BCUT2D eigenvalue weighted by molar-refractivity contribution is 6.02. The van der Waals surface area contributed by atoms with Gasteiger partial charge in [-0.25, -0.2) is 14.2 Å². The van der Waals surface area contributed by atoms with E-state index in [1.807, 2.05) is 33.8 Å². The van der Waals surface area contributed by atoms with Crippen molar-refractivity contribution in [2.24, 2.45) is 0 Å². The molecule has 0 spiro atoms. The molecule has 188 valence electrons. The normalized spacial score (nSPS) is 17.9. The lowest BCUT2D eigenvalue weighted by atomic mass is 9.90. The number of anilines is 2. The predicted molar refractivity (Wildman–Crippen MR) is 131 cm³/mol. The van der Waals surface area contributed by atoms with Gasteiger partial charge in [0.25, 0.3) is 5.91 Å². The Morgan fingerprint density at radius 3 is 2.46 bits per heavy atom. The van der Waals surface area contributed by atoms with Gasteiger partial charge in [0.15, 0.2) is 5.82 Å². The van der Waals surface area contributed by atoms with E-state index < -0.39 is 23.4 Å². The summed E-state index contributed by atoms with van der Waals surface area (Å²) in [5.74, 6) is -1.01. The minimum absolute atomic E-state index is 0.00936. The summed E-state index contributed by atoms with van der Waals surface area (Å²) in [5, 5.41) is 2.89.